The summed E-state index contributed by atoms with van der Waals surface area (Å²) in [5.41, 5.74) is 3.01. The van der Waals surface area contributed by atoms with Crippen LogP contribution in [-0.4, -0.2) is 12.8 Å². The highest BCUT2D eigenvalue weighted by Crippen LogP contribution is 2.15. The first-order chi connectivity index (χ1) is 6.26. The van der Waals surface area contributed by atoms with Crippen LogP contribution in [0.15, 0.2) is 36.5 Å². The fraction of sp³-hybridized carbons (Fsp3) is 0.200. The van der Waals surface area contributed by atoms with Gasteiger partial charge in [0.15, 0.2) is 0 Å². The van der Waals surface area contributed by atoms with Crippen molar-refractivity contribution >= 4 is 24.0 Å². The first-order valence-electron chi connectivity index (χ1n) is 4.09. The normalized spacial score (nSPS) is 9.38. The van der Waals surface area contributed by atoms with E-state index >= 15 is 0 Å². The van der Waals surface area contributed by atoms with Crippen LogP contribution in [0.1, 0.15) is 0 Å². The fourth-order valence-corrected chi connectivity index (χ4v) is 1.08. The van der Waals surface area contributed by atoms with Crippen molar-refractivity contribution in [1.82, 2.24) is 0 Å². The van der Waals surface area contributed by atoms with E-state index in [2.05, 4.69) is 29.8 Å². The SMILES string of the molecule is C=C(CS)Nc1cccc(NC)c1. The number of benzene rings is 1. The Hall–Kier alpha value is -1.09. The van der Waals surface area contributed by atoms with E-state index < -0.39 is 0 Å². The molecule has 0 amide bonds. The molecule has 0 aliphatic rings. The first kappa shape index (κ1) is 9.99. The molecule has 2 nitrogen and oxygen atoms in total. The Morgan fingerprint density at radius 2 is 2.15 bits per heavy atom. The second kappa shape index (κ2) is 4.82. The topological polar surface area (TPSA) is 24.1 Å². The molecule has 13 heavy (non-hydrogen) atoms. The van der Waals surface area contributed by atoms with Crippen LogP contribution in [0.5, 0.6) is 0 Å². The van der Waals surface area contributed by atoms with Gasteiger partial charge in [-0.15, -0.1) is 0 Å². The Kier molecular flexibility index (Phi) is 3.71. The molecule has 1 rings (SSSR count). The third kappa shape index (κ3) is 3.03. The Morgan fingerprint density at radius 3 is 2.77 bits per heavy atom. The van der Waals surface area contributed by atoms with Crippen LogP contribution in [-0.2, 0) is 0 Å². The van der Waals surface area contributed by atoms with E-state index in [0.717, 1.165) is 17.1 Å². The van der Waals surface area contributed by atoms with Gasteiger partial charge in [0.1, 0.15) is 0 Å². The van der Waals surface area contributed by atoms with Crippen molar-refractivity contribution < 1.29 is 0 Å². The molecule has 1 aromatic rings. The third-order valence-corrected chi connectivity index (χ3v) is 2.04. The van der Waals surface area contributed by atoms with Crippen LogP contribution in [0.3, 0.4) is 0 Å². The molecular weight excluding hydrogens is 180 g/mol. The van der Waals surface area contributed by atoms with E-state index in [0.29, 0.717) is 5.75 Å². The van der Waals surface area contributed by atoms with Gasteiger partial charge in [0, 0.05) is 29.9 Å². The summed E-state index contributed by atoms with van der Waals surface area (Å²) in [6, 6.07) is 8.01. The summed E-state index contributed by atoms with van der Waals surface area (Å²) >= 11 is 4.12. The van der Waals surface area contributed by atoms with Crippen LogP contribution < -0.4 is 10.6 Å². The van der Waals surface area contributed by atoms with Crippen molar-refractivity contribution in [2.24, 2.45) is 0 Å². The molecule has 0 aliphatic carbocycles. The molecule has 2 N–H and O–H groups in total. The molecule has 0 saturated heterocycles. The van der Waals surface area contributed by atoms with Gasteiger partial charge >= 0.3 is 0 Å². The Bertz CT molecular complexity index is 297. The predicted octanol–water partition coefficient (Wildman–Crippen LogP) is 2.58. The molecule has 0 unspecified atom stereocenters. The molecule has 1 aromatic carbocycles. The van der Waals surface area contributed by atoms with Gasteiger partial charge in [-0.2, -0.15) is 12.6 Å². The summed E-state index contributed by atoms with van der Waals surface area (Å²) in [5.74, 6) is 0.643. The van der Waals surface area contributed by atoms with Crippen LogP contribution >= 0.6 is 12.6 Å². The van der Waals surface area contributed by atoms with Gasteiger partial charge in [0.05, 0.1) is 0 Å². The standard InChI is InChI=1S/C10H14N2S/c1-8(7-13)12-10-5-3-4-9(6-10)11-2/h3-6,11-13H,1,7H2,2H3. The highest BCUT2D eigenvalue weighted by molar-refractivity contribution is 7.80. The number of hydrogen-bond donors (Lipinski definition) is 3. The second-order valence-electron chi connectivity index (χ2n) is 2.72. The van der Waals surface area contributed by atoms with E-state index in [-0.39, 0.29) is 0 Å². The van der Waals surface area contributed by atoms with Crippen LogP contribution in [0.4, 0.5) is 11.4 Å². The molecule has 0 radical (unpaired) electrons. The summed E-state index contributed by atoms with van der Waals surface area (Å²) in [7, 11) is 1.90. The molecule has 0 heterocycles. The van der Waals surface area contributed by atoms with Gasteiger partial charge in [-0.1, -0.05) is 12.6 Å². The van der Waals surface area contributed by atoms with Crippen molar-refractivity contribution in [2.45, 2.75) is 0 Å². The minimum absolute atomic E-state index is 0.643. The van der Waals surface area contributed by atoms with Crippen molar-refractivity contribution in [3.63, 3.8) is 0 Å². The molecule has 0 spiro atoms. The van der Waals surface area contributed by atoms with Crippen molar-refractivity contribution in [3.05, 3.63) is 36.5 Å². The summed E-state index contributed by atoms with van der Waals surface area (Å²) in [5, 5.41) is 6.23. The predicted molar refractivity (Wildman–Crippen MR) is 62.6 cm³/mol. The van der Waals surface area contributed by atoms with E-state index in [1.807, 2.05) is 31.3 Å². The average Bonchev–Trinajstić information content (AvgIpc) is 2.18. The van der Waals surface area contributed by atoms with Crippen LogP contribution in [0, 0.1) is 0 Å². The second-order valence-corrected chi connectivity index (χ2v) is 3.03. The van der Waals surface area contributed by atoms with Gasteiger partial charge in [0.25, 0.3) is 0 Å². The van der Waals surface area contributed by atoms with E-state index in [1.165, 1.54) is 0 Å². The summed E-state index contributed by atoms with van der Waals surface area (Å²) in [4.78, 5) is 0. The highest BCUT2D eigenvalue weighted by Gasteiger charge is 1.94. The van der Waals surface area contributed by atoms with Gasteiger partial charge in [-0.25, -0.2) is 0 Å². The highest BCUT2D eigenvalue weighted by atomic mass is 32.1. The maximum Gasteiger partial charge on any atom is 0.0402 e. The lowest BCUT2D eigenvalue weighted by Gasteiger charge is -2.08. The Labute approximate surface area is 84.5 Å². The zero-order valence-electron chi connectivity index (χ0n) is 7.67. The van der Waals surface area contributed by atoms with Gasteiger partial charge in [-0.3, -0.25) is 0 Å². The Morgan fingerprint density at radius 1 is 1.46 bits per heavy atom. The first-order valence-corrected chi connectivity index (χ1v) is 4.73. The van der Waals surface area contributed by atoms with Crippen LogP contribution in [0.25, 0.3) is 0 Å². The molecule has 3 heteroatoms. The minimum Gasteiger partial charge on any atom is -0.388 e. The fourth-order valence-electron chi connectivity index (χ4n) is 0.996. The number of anilines is 2. The summed E-state index contributed by atoms with van der Waals surface area (Å²) in [6.45, 7) is 3.82. The minimum atomic E-state index is 0.643. The molecule has 0 bridgehead atoms. The zero-order chi connectivity index (χ0) is 9.68. The quantitative estimate of drug-likeness (QED) is 0.642. The van der Waals surface area contributed by atoms with E-state index in [9.17, 15) is 0 Å². The van der Waals surface area contributed by atoms with Crippen molar-refractivity contribution in [3.8, 4) is 0 Å². The zero-order valence-corrected chi connectivity index (χ0v) is 8.57. The molecule has 0 saturated carbocycles. The molecule has 0 aliphatic heterocycles. The molecule has 0 aromatic heterocycles. The number of nitrogens with one attached hydrogen (secondary N) is 2. The lowest BCUT2D eigenvalue weighted by molar-refractivity contribution is 1.41. The van der Waals surface area contributed by atoms with Gasteiger partial charge in [-0.05, 0) is 18.2 Å². The number of hydrogen-bond acceptors (Lipinski definition) is 3. The molecule has 0 fully saturated rings. The Balaban J connectivity index is 2.71. The van der Waals surface area contributed by atoms with Crippen LogP contribution in [0.2, 0.25) is 0 Å². The van der Waals surface area contributed by atoms with Crippen molar-refractivity contribution in [1.29, 1.82) is 0 Å². The van der Waals surface area contributed by atoms with Gasteiger partial charge in [0.2, 0.25) is 0 Å². The molecular formula is C10H14N2S. The number of rotatable bonds is 4. The lowest BCUT2D eigenvalue weighted by atomic mass is 10.2. The summed E-state index contributed by atoms with van der Waals surface area (Å²) < 4.78 is 0. The monoisotopic (exact) mass is 194 g/mol. The summed E-state index contributed by atoms with van der Waals surface area (Å²) in [6.07, 6.45) is 0. The molecule has 70 valence electrons. The smallest absolute Gasteiger partial charge is 0.0402 e. The van der Waals surface area contributed by atoms with E-state index in [1.54, 1.807) is 0 Å². The number of thiol groups is 1. The molecule has 0 atom stereocenters. The lowest BCUT2D eigenvalue weighted by Crippen LogP contribution is -1.99. The maximum absolute atomic E-state index is 4.12. The average molecular weight is 194 g/mol. The van der Waals surface area contributed by atoms with Gasteiger partial charge < -0.3 is 10.6 Å². The largest absolute Gasteiger partial charge is 0.388 e. The van der Waals surface area contributed by atoms with E-state index in [4.69, 9.17) is 0 Å². The third-order valence-electron chi connectivity index (χ3n) is 1.66. The maximum atomic E-state index is 4.12. The van der Waals surface area contributed by atoms with Crippen molar-refractivity contribution in [2.75, 3.05) is 23.4 Å².